The van der Waals surface area contributed by atoms with E-state index in [-0.39, 0.29) is 5.43 Å². The number of thioether (sulfide) groups is 1. The summed E-state index contributed by atoms with van der Waals surface area (Å²) in [6.07, 6.45) is 3.82. The maximum atomic E-state index is 13.0. The summed E-state index contributed by atoms with van der Waals surface area (Å²) in [6.45, 7) is 7.22. The Balaban J connectivity index is 1.42. The minimum absolute atomic E-state index is 0.110. The van der Waals surface area contributed by atoms with Crippen LogP contribution in [0.1, 0.15) is 42.1 Å². The molecule has 2 aliphatic rings. The molecule has 0 bridgehead atoms. The van der Waals surface area contributed by atoms with Crippen molar-refractivity contribution >= 4 is 40.7 Å². The number of rotatable bonds is 5. The van der Waals surface area contributed by atoms with Gasteiger partial charge in [0, 0.05) is 24.4 Å². The van der Waals surface area contributed by atoms with Gasteiger partial charge in [0.2, 0.25) is 11.4 Å². The number of nitrogens with zero attached hydrogens (tertiary/aromatic N) is 4. The van der Waals surface area contributed by atoms with Crippen LogP contribution in [0.5, 0.6) is 0 Å². The molecule has 0 unspecified atom stereocenters. The standard InChI is InChI=1S/C24H27N5O3S/c1-15(2)16-3-4-21-18(11-16)22(30)17(13-32-21)12-25-28-24-26-20-5-10-33-14-19(20)23(27-24)29-6-8-31-9-7-29/h3-4,11-13,15H,5-10,14H2,1-2H3,(H,26,27,28)/b25-12+. The Morgan fingerprint density at radius 2 is 2.09 bits per heavy atom. The number of fused-ring (bicyclic) bond motifs is 2. The molecule has 1 aromatic carbocycles. The zero-order valence-corrected chi connectivity index (χ0v) is 19.7. The molecule has 9 heteroatoms. The van der Waals surface area contributed by atoms with Crippen LogP contribution in [-0.4, -0.2) is 48.2 Å². The monoisotopic (exact) mass is 465 g/mol. The number of morpholine rings is 1. The molecule has 4 heterocycles. The first kappa shape index (κ1) is 21.9. The number of benzene rings is 1. The molecular formula is C24H27N5O3S. The van der Waals surface area contributed by atoms with E-state index in [1.807, 2.05) is 30.0 Å². The van der Waals surface area contributed by atoms with Crippen molar-refractivity contribution in [2.75, 3.05) is 42.4 Å². The van der Waals surface area contributed by atoms with Gasteiger partial charge in [0.15, 0.2) is 0 Å². The van der Waals surface area contributed by atoms with Crippen LogP contribution in [0.3, 0.4) is 0 Å². The SMILES string of the molecule is CC(C)c1ccc2occ(/C=N/Nc3nc4c(c(N5CCOCC5)n3)CSCC4)c(=O)c2c1. The molecule has 2 aromatic heterocycles. The third-order valence-electron chi connectivity index (χ3n) is 5.97. The molecule has 8 nitrogen and oxygen atoms in total. The van der Waals surface area contributed by atoms with Crippen molar-refractivity contribution in [2.24, 2.45) is 5.10 Å². The smallest absolute Gasteiger partial charge is 0.245 e. The van der Waals surface area contributed by atoms with Crippen LogP contribution in [0.2, 0.25) is 0 Å². The van der Waals surface area contributed by atoms with E-state index in [1.165, 1.54) is 18.0 Å². The third-order valence-corrected chi connectivity index (χ3v) is 6.95. The van der Waals surface area contributed by atoms with Crippen molar-refractivity contribution in [1.29, 1.82) is 0 Å². The molecule has 0 amide bonds. The fourth-order valence-electron chi connectivity index (χ4n) is 4.07. The fraction of sp³-hybridized carbons (Fsp3) is 0.417. The Morgan fingerprint density at radius 3 is 2.91 bits per heavy atom. The van der Waals surface area contributed by atoms with Crippen LogP contribution in [-0.2, 0) is 16.9 Å². The summed E-state index contributed by atoms with van der Waals surface area (Å²) in [7, 11) is 0. The second-order valence-corrected chi connectivity index (χ2v) is 9.60. The number of nitrogens with one attached hydrogen (secondary N) is 1. The van der Waals surface area contributed by atoms with Gasteiger partial charge in [0.05, 0.1) is 36.1 Å². The van der Waals surface area contributed by atoms with Crippen molar-refractivity contribution < 1.29 is 9.15 Å². The Bertz CT molecular complexity index is 1250. The lowest BCUT2D eigenvalue weighted by Crippen LogP contribution is -2.38. The van der Waals surface area contributed by atoms with Crippen LogP contribution < -0.4 is 15.8 Å². The van der Waals surface area contributed by atoms with Gasteiger partial charge in [-0.2, -0.15) is 21.8 Å². The Kier molecular flexibility index (Phi) is 6.32. The average molecular weight is 466 g/mol. The first-order valence-electron chi connectivity index (χ1n) is 11.2. The molecule has 0 aliphatic carbocycles. The predicted octanol–water partition coefficient (Wildman–Crippen LogP) is 3.78. The predicted molar refractivity (Wildman–Crippen MR) is 133 cm³/mol. The summed E-state index contributed by atoms with van der Waals surface area (Å²) in [4.78, 5) is 24.7. The normalized spacial score (nSPS) is 16.5. The Labute approximate surface area is 196 Å². The van der Waals surface area contributed by atoms with Gasteiger partial charge in [-0.25, -0.2) is 10.4 Å². The van der Waals surface area contributed by atoms with E-state index in [2.05, 4.69) is 29.3 Å². The van der Waals surface area contributed by atoms with E-state index >= 15 is 0 Å². The van der Waals surface area contributed by atoms with E-state index in [0.717, 1.165) is 48.1 Å². The summed E-state index contributed by atoms with van der Waals surface area (Å²) >= 11 is 1.91. The van der Waals surface area contributed by atoms with Crippen LogP contribution in [0.25, 0.3) is 11.0 Å². The Morgan fingerprint density at radius 1 is 1.24 bits per heavy atom. The molecule has 172 valence electrons. The molecule has 0 saturated carbocycles. The molecule has 3 aromatic rings. The molecule has 2 aliphatic heterocycles. The summed E-state index contributed by atoms with van der Waals surface area (Å²) in [5, 5.41) is 4.82. The highest BCUT2D eigenvalue weighted by molar-refractivity contribution is 7.98. The molecule has 5 rings (SSSR count). The highest BCUT2D eigenvalue weighted by Crippen LogP contribution is 2.32. The maximum absolute atomic E-state index is 13.0. The topological polar surface area (TPSA) is 92.8 Å². The molecule has 0 radical (unpaired) electrons. The summed E-state index contributed by atoms with van der Waals surface area (Å²) < 4.78 is 11.2. The molecular weight excluding hydrogens is 438 g/mol. The lowest BCUT2D eigenvalue weighted by atomic mass is 10.0. The van der Waals surface area contributed by atoms with Gasteiger partial charge < -0.3 is 14.1 Å². The van der Waals surface area contributed by atoms with E-state index in [1.54, 1.807) is 0 Å². The minimum Gasteiger partial charge on any atom is -0.463 e. The van der Waals surface area contributed by atoms with Crippen molar-refractivity contribution in [3.8, 4) is 0 Å². The number of hydrazone groups is 1. The van der Waals surface area contributed by atoms with E-state index in [9.17, 15) is 4.79 Å². The van der Waals surface area contributed by atoms with Crippen molar-refractivity contribution in [1.82, 2.24) is 9.97 Å². The fourth-order valence-corrected chi connectivity index (χ4v) is 5.05. The van der Waals surface area contributed by atoms with Crippen LogP contribution in [0.15, 0.2) is 38.8 Å². The summed E-state index contributed by atoms with van der Waals surface area (Å²) in [5.41, 5.74) is 7.13. The zero-order valence-electron chi connectivity index (χ0n) is 18.8. The molecule has 1 N–H and O–H groups in total. The highest BCUT2D eigenvalue weighted by atomic mass is 32.2. The van der Waals surface area contributed by atoms with Gasteiger partial charge in [-0.05, 0) is 35.8 Å². The van der Waals surface area contributed by atoms with Crippen molar-refractivity contribution in [3.05, 3.63) is 57.1 Å². The third kappa shape index (κ3) is 4.60. The van der Waals surface area contributed by atoms with Gasteiger partial charge >= 0.3 is 0 Å². The van der Waals surface area contributed by atoms with Gasteiger partial charge in [0.25, 0.3) is 0 Å². The zero-order chi connectivity index (χ0) is 22.8. The molecule has 1 fully saturated rings. The van der Waals surface area contributed by atoms with Crippen molar-refractivity contribution in [2.45, 2.75) is 31.9 Å². The minimum atomic E-state index is -0.110. The number of hydrogen-bond donors (Lipinski definition) is 1. The maximum Gasteiger partial charge on any atom is 0.245 e. The first-order valence-corrected chi connectivity index (χ1v) is 12.4. The van der Waals surface area contributed by atoms with E-state index < -0.39 is 0 Å². The van der Waals surface area contributed by atoms with Crippen LogP contribution in [0.4, 0.5) is 11.8 Å². The lowest BCUT2D eigenvalue weighted by Gasteiger charge is -2.31. The van der Waals surface area contributed by atoms with Gasteiger partial charge in [-0.3, -0.25) is 4.79 Å². The number of anilines is 2. The Hall–Kier alpha value is -2.91. The van der Waals surface area contributed by atoms with Gasteiger partial charge in [-0.1, -0.05) is 19.9 Å². The van der Waals surface area contributed by atoms with Crippen molar-refractivity contribution in [3.63, 3.8) is 0 Å². The summed E-state index contributed by atoms with van der Waals surface area (Å²) in [5.74, 6) is 3.69. The average Bonchev–Trinajstić information content (AvgIpc) is 2.85. The lowest BCUT2D eigenvalue weighted by molar-refractivity contribution is 0.122. The largest absolute Gasteiger partial charge is 0.463 e. The van der Waals surface area contributed by atoms with Gasteiger partial charge in [0.1, 0.15) is 17.7 Å². The second kappa shape index (κ2) is 9.52. The molecule has 0 spiro atoms. The first-order chi connectivity index (χ1) is 16.1. The molecule has 1 saturated heterocycles. The number of hydrogen-bond acceptors (Lipinski definition) is 9. The molecule has 0 atom stereocenters. The number of ether oxygens (including phenoxy) is 1. The van der Waals surface area contributed by atoms with E-state index in [0.29, 0.717) is 41.6 Å². The van der Waals surface area contributed by atoms with Crippen LogP contribution in [0, 0.1) is 0 Å². The van der Waals surface area contributed by atoms with Gasteiger partial charge in [-0.15, -0.1) is 0 Å². The number of aryl methyl sites for hydroxylation is 1. The second-order valence-electron chi connectivity index (χ2n) is 8.50. The van der Waals surface area contributed by atoms with E-state index in [4.69, 9.17) is 19.1 Å². The highest BCUT2D eigenvalue weighted by Gasteiger charge is 2.23. The summed E-state index contributed by atoms with van der Waals surface area (Å²) in [6, 6.07) is 5.73. The number of aromatic nitrogens is 2. The van der Waals surface area contributed by atoms with Crippen LogP contribution >= 0.6 is 11.8 Å². The quantitative estimate of drug-likeness (QED) is 0.450. The molecule has 33 heavy (non-hydrogen) atoms.